The van der Waals surface area contributed by atoms with Gasteiger partial charge in [-0.05, 0) is 29.1 Å². The van der Waals surface area contributed by atoms with Crippen molar-refractivity contribution in [1.82, 2.24) is 14.7 Å². The minimum absolute atomic E-state index is 0.0460. The summed E-state index contributed by atoms with van der Waals surface area (Å²) < 4.78 is 13.2. The predicted octanol–water partition coefficient (Wildman–Crippen LogP) is 3.59. The number of urea groups is 1. The van der Waals surface area contributed by atoms with Gasteiger partial charge >= 0.3 is 6.03 Å². The first-order valence-corrected chi connectivity index (χ1v) is 9.40. The number of nitrogens with zero attached hydrogens (tertiary/aromatic N) is 3. The van der Waals surface area contributed by atoms with Crippen molar-refractivity contribution >= 4 is 23.3 Å². The highest BCUT2D eigenvalue weighted by atomic mass is 32.1. The van der Waals surface area contributed by atoms with E-state index in [0.717, 1.165) is 10.4 Å². The van der Waals surface area contributed by atoms with Crippen LogP contribution in [0.1, 0.15) is 10.4 Å². The molecular weight excluding hydrogens is 365 g/mol. The molecule has 2 aromatic rings. The van der Waals surface area contributed by atoms with Crippen LogP contribution < -0.4 is 0 Å². The lowest BCUT2D eigenvalue weighted by molar-refractivity contribution is -0.133. The number of hydrogen-bond acceptors (Lipinski definition) is 3. The standard InChI is InChI=1S/C20H24FN3O2S/c1-4-11-23(20(26)22(2)3)15-19(25)24(14-18-6-5-12-27-18)13-16-7-9-17(21)10-8-16/h4-10,12H,1,11,13-15H2,2-3H3. The monoisotopic (exact) mass is 389 g/mol. The molecular formula is C20H24FN3O2S. The zero-order valence-electron chi connectivity index (χ0n) is 15.6. The smallest absolute Gasteiger partial charge is 0.320 e. The number of benzene rings is 1. The fourth-order valence-electron chi connectivity index (χ4n) is 2.55. The highest BCUT2D eigenvalue weighted by Crippen LogP contribution is 2.16. The van der Waals surface area contributed by atoms with E-state index in [1.807, 2.05) is 17.5 Å². The molecule has 0 aliphatic carbocycles. The largest absolute Gasteiger partial charge is 0.332 e. The van der Waals surface area contributed by atoms with Gasteiger partial charge in [0.2, 0.25) is 5.91 Å². The molecule has 144 valence electrons. The number of carbonyl (C=O) groups excluding carboxylic acids is 2. The summed E-state index contributed by atoms with van der Waals surface area (Å²) >= 11 is 1.56. The molecule has 0 saturated heterocycles. The Morgan fingerprint density at radius 2 is 1.81 bits per heavy atom. The van der Waals surface area contributed by atoms with E-state index >= 15 is 0 Å². The van der Waals surface area contributed by atoms with Crippen molar-refractivity contribution < 1.29 is 14.0 Å². The predicted molar refractivity (Wildman–Crippen MR) is 106 cm³/mol. The molecule has 1 heterocycles. The fourth-order valence-corrected chi connectivity index (χ4v) is 3.26. The van der Waals surface area contributed by atoms with Crippen molar-refractivity contribution in [3.05, 3.63) is 70.7 Å². The Bertz CT molecular complexity index is 760. The first kappa shape index (κ1) is 20.6. The maximum Gasteiger partial charge on any atom is 0.320 e. The molecule has 0 aliphatic rings. The summed E-state index contributed by atoms with van der Waals surface area (Å²) in [5.74, 6) is -0.492. The van der Waals surface area contributed by atoms with E-state index in [0.29, 0.717) is 13.1 Å². The van der Waals surface area contributed by atoms with Gasteiger partial charge < -0.3 is 14.7 Å². The average molecular weight is 389 g/mol. The second-order valence-corrected chi connectivity index (χ2v) is 7.33. The lowest BCUT2D eigenvalue weighted by atomic mass is 10.2. The van der Waals surface area contributed by atoms with Crippen molar-refractivity contribution in [2.24, 2.45) is 0 Å². The van der Waals surface area contributed by atoms with E-state index in [1.165, 1.54) is 21.9 Å². The van der Waals surface area contributed by atoms with Crippen LogP contribution in [0, 0.1) is 5.82 Å². The van der Waals surface area contributed by atoms with E-state index in [1.54, 1.807) is 48.5 Å². The van der Waals surface area contributed by atoms with Gasteiger partial charge in [-0.1, -0.05) is 24.3 Å². The summed E-state index contributed by atoms with van der Waals surface area (Å²) in [6, 6.07) is 9.72. The van der Waals surface area contributed by atoms with Crippen molar-refractivity contribution in [1.29, 1.82) is 0 Å². The molecule has 0 unspecified atom stereocenters. The molecule has 0 bridgehead atoms. The summed E-state index contributed by atoms with van der Waals surface area (Å²) in [7, 11) is 3.29. The molecule has 5 nitrogen and oxygen atoms in total. The second-order valence-electron chi connectivity index (χ2n) is 6.30. The average Bonchev–Trinajstić information content (AvgIpc) is 3.15. The highest BCUT2D eigenvalue weighted by molar-refractivity contribution is 7.09. The minimum atomic E-state index is -0.316. The van der Waals surface area contributed by atoms with Crippen LogP contribution in [0.15, 0.2) is 54.4 Å². The molecule has 3 amide bonds. The summed E-state index contributed by atoms with van der Waals surface area (Å²) in [6.45, 7) is 4.68. The molecule has 0 N–H and O–H groups in total. The van der Waals surface area contributed by atoms with Crippen LogP contribution >= 0.6 is 11.3 Å². The number of carbonyl (C=O) groups is 2. The lowest BCUT2D eigenvalue weighted by Gasteiger charge is -2.28. The van der Waals surface area contributed by atoms with Crippen molar-refractivity contribution in [3.63, 3.8) is 0 Å². The van der Waals surface area contributed by atoms with Crippen molar-refractivity contribution in [2.75, 3.05) is 27.2 Å². The first-order valence-electron chi connectivity index (χ1n) is 8.52. The van der Waals surface area contributed by atoms with Crippen molar-refractivity contribution in [2.45, 2.75) is 13.1 Å². The summed E-state index contributed by atoms with van der Waals surface area (Å²) in [5, 5.41) is 1.95. The van der Waals surface area contributed by atoms with Crippen LogP contribution in [-0.2, 0) is 17.9 Å². The van der Waals surface area contributed by atoms with Gasteiger partial charge in [-0.15, -0.1) is 17.9 Å². The number of amides is 3. The summed E-state index contributed by atoms with van der Waals surface area (Å²) in [6.07, 6.45) is 1.60. The first-order chi connectivity index (χ1) is 12.9. The third-order valence-electron chi connectivity index (χ3n) is 3.89. The fraction of sp³-hybridized carbons (Fsp3) is 0.300. The third kappa shape index (κ3) is 6.21. The molecule has 7 heteroatoms. The molecule has 27 heavy (non-hydrogen) atoms. The molecule has 0 fully saturated rings. The Morgan fingerprint density at radius 1 is 1.11 bits per heavy atom. The number of hydrogen-bond donors (Lipinski definition) is 0. The SMILES string of the molecule is C=CCN(CC(=O)N(Cc1ccc(F)cc1)Cc1cccs1)C(=O)N(C)C. The van der Waals surface area contributed by atoms with Gasteiger partial charge in [0.25, 0.3) is 0 Å². The number of halogens is 1. The Labute approximate surface area is 163 Å². The van der Waals surface area contributed by atoms with Gasteiger partial charge in [-0.2, -0.15) is 0 Å². The quantitative estimate of drug-likeness (QED) is 0.648. The Morgan fingerprint density at radius 3 is 2.37 bits per heavy atom. The maximum atomic E-state index is 13.2. The molecule has 2 rings (SSSR count). The topological polar surface area (TPSA) is 43.9 Å². The molecule has 0 radical (unpaired) electrons. The third-order valence-corrected chi connectivity index (χ3v) is 4.76. The van der Waals surface area contributed by atoms with Crippen LogP contribution in [-0.4, -0.2) is 53.8 Å². The van der Waals surface area contributed by atoms with E-state index in [-0.39, 0.29) is 30.8 Å². The lowest BCUT2D eigenvalue weighted by Crippen LogP contribution is -2.46. The summed E-state index contributed by atoms with van der Waals surface area (Å²) in [5.41, 5.74) is 0.829. The Kier molecular flexibility index (Phi) is 7.55. The van der Waals surface area contributed by atoms with E-state index < -0.39 is 0 Å². The molecule has 1 aromatic heterocycles. The Hall–Kier alpha value is -2.67. The molecule has 1 aromatic carbocycles. The van der Waals surface area contributed by atoms with Crippen LogP contribution in [0.25, 0.3) is 0 Å². The van der Waals surface area contributed by atoms with Gasteiger partial charge in [0.1, 0.15) is 12.4 Å². The zero-order chi connectivity index (χ0) is 19.8. The van der Waals surface area contributed by atoms with Gasteiger partial charge in [0, 0.05) is 32.1 Å². The molecule has 0 saturated carbocycles. The minimum Gasteiger partial charge on any atom is -0.332 e. The zero-order valence-corrected chi connectivity index (χ0v) is 16.4. The molecule has 0 atom stereocenters. The molecule has 0 aliphatic heterocycles. The van der Waals surface area contributed by atoms with Gasteiger partial charge in [-0.25, -0.2) is 9.18 Å². The van der Waals surface area contributed by atoms with E-state index in [4.69, 9.17) is 0 Å². The number of rotatable bonds is 8. The van der Waals surface area contributed by atoms with Crippen LogP contribution in [0.4, 0.5) is 9.18 Å². The van der Waals surface area contributed by atoms with Gasteiger partial charge in [0.05, 0.1) is 6.54 Å². The number of thiophene rings is 1. The van der Waals surface area contributed by atoms with Gasteiger partial charge in [-0.3, -0.25) is 4.79 Å². The van der Waals surface area contributed by atoms with E-state index in [2.05, 4.69) is 6.58 Å². The Balaban J connectivity index is 2.17. The van der Waals surface area contributed by atoms with E-state index in [9.17, 15) is 14.0 Å². The second kappa shape index (κ2) is 9.87. The van der Waals surface area contributed by atoms with Gasteiger partial charge in [0.15, 0.2) is 0 Å². The molecule has 0 spiro atoms. The normalized spacial score (nSPS) is 10.3. The highest BCUT2D eigenvalue weighted by Gasteiger charge is 2.22. The van der Waals surface area contributed by atoms with Crippen LogP contribution in [0.5, 0.6) is 0 Å². The van der Waals surface area contributed by atoms with Crippen LogP contribution in [0.2, 0.25) is 0 Å². The van der Waals surface area contributed by atoms with Crippen molar-refractivity contribution in [3.8, 4) is 0 Å². The maximum absolute atomic E-state index is 13.2. The summed E-state index contributed by atoms with van der Waals surface area (Å²) in [4.78, 5) is 30.9. The van der Waals surface area contributed by atoms with Crippen LogP contribution in [0.3, 0.4) is 0 Å².